The van der Waals surface area contributed by atoms with Crippen LogP contribution in [0.15, 0.2) is 64.9 Å². The standard InChI is InChI=1S/C21H17FN2O2S2/c1-12-20(25)23-16-11-14(6-9-17(16)28-12)21(26)24-19(18-3-2-10-27-18)13-4-7-15(22)8-5-13/h2-12,19H,1H3,(H,23,25)(H,24,26). The number of hydrogen-bond acceptors (Lipinski definition) is 4. The lowest BCUT2D eigenvalue weighted by atomic mass is 10.0. The molecule has 0 saturated heterocycles. The molecule has 2 unspecified atom stereocenters. The number of benzene rings is 2. The number of carbonyl (C=O) groups is 2. The van der Waals surface area contributed by atoms with Crippen molar-refractivity contribution in [1.29, 1.82) is 0 Å². The second-order valence-electron chi connectivity index (χ2n) is 6.43. The third kappa shape index (κ3) is 3.81. The Bertz CT molecular complexity index is 1020. The van der Waals surface area contributed by atoms with Crippen LogP contribution in [0.1, 0.15) is 33.8 Å². The molecular formula is C21H17FN2O2S2. The van der Waals surface area contributed by atoms with Crippen LogP contribution >= 0.6 is 23.1 Å². The van der Waals surface area contributed by atoms with Crippen LogP contribution in [0, 0.1) is 5.82 Å². The number of carbonyl (C=O) groups excluding carboxylic acids is 2. The molecule has 2 aromatic carbocycles. The van der Waals surface area contributed by atoms with Gasteiger partial charge in [-0.3, -0.25) is 9.59 Å². The van der Waals surface area contributed by atoms with Crippen molar-refractivity contribution in [2.24, 2.45) is 0 Å². The molecule has 3 aromatic rings. The number of halogens is 1. The number of thiophene rings is 1. The van der Waals surface area contributed by atoms with Crippen molar-refractivity contribution >= 4 is 40.6 Å². The van der Waals surface area contributed by atoms with Gasteiger partial charge in [0, 0.05) is 15.3 Å². The van der Waals surface area contributed by atoms with Crippen LogP contribution in [0.3, 0.4) is 0 Å². The van der Waals surface area contributed by atoms with Crippen LogP contribution < -0.4 is 10.6 Å². The van der Waals surface area contributed by atoms with Gasteiger partial charge in [-0.15, -0.1) is 23.1 Å². The molecule has 0 aliphatic carbocycles. The van der Waals surface area contributed by atoms with E-state index in [4.69, 9.17) is 0 Å². The summed E-state index contributed by atoms with van der Waals surface area (Å²) in [5.41, 5.74) is 1.90. The Hall–Kier alpha value is -2.64. The molecule has 1 aromatic heterocycles. The summed E-state index contributed by atoms with van der Waals surface area (Å²) in [7, 11) is 0. The molecule has 2 heterocycles. The Kier molecular flexibility index (Phi) is 5.19. The number of hydrogen-bond donors (Lipinski definition) is 2. The fourth-order valence-electron chi connectivity index (χ4n) is 2.99. The van der Waals surface area contributed by atoms with E-state index in [0.717, 1.165) is 15.3 Å². The van der Waals surface area contributed by atoms with Gasteiger partial charge in [-0.1, -0.05) is 18.2 Å². The van der Waals surface area contributed by atoms with Crippen LogP contribution in [0.2, 0.25) is 0 Å². The number of thioether (sulfide) groups is 1. The molecule has 0 radical (unpaired) electrons. The Morgan fingerprint density at radius 2 is 1.96 bits per heavy atom. The highest BCUT2D eigenvalue weighted by atomic mass is 32.2. The molecule has 1 aliphatic heterocycles. The first-order chi connectivity index (χ1) is 13.5. The Morgan fingerprint density at radius 1 is 1.18 bits per heavy atom. The highest BCUT2D eigenvalue weighted by Gasteiger charge is 2.25. The lowest BCUT2D eigenvalue weighted by Crippen LogP contribution is -2.30. The number of nitrogens with one attached hydrogen (secondary N) is 2. The fraction of sp³-hybridized carbons (Fsp3) is 0.143. The van der Waals surface area contributed by atoms with Gasteiger partial charge in [0.1, 0.15) is 5.82 Å². The summed E-state index contributed by atoms with van der Waals surface area (Å²) in [6, 6.07) is 14.9. The highest BCUT2D eigenvalue weighted by Crippen LogP contribution is 2.36. The third-order valence-electron chi connectivity index (χ3n) is 4.48. The van der Waals surface area contributed by atoms with Gasteiger partial charge < -0.3 is 10.6 Å². The second kappa shape index (κ2) is 7.77. The predicted molar refractivity (Wildman–Crippen MR) is 110 cm³/mol. The third-order valence-corrected chi connectivity index (χ3v) is 6.59. The van der Waals surface area contributed by atoms with E-state index in [2.05, 4.69) is 10.6 Å². The van der Waals surface area contributed by atoms with Crippen LogP contribution in [-0.2, 0) is 4.79 Å². The zero-order valence-corrected chi connectivity index (χ0v) is 16.6. The molecule has 4 nitrogen and oxygen atoms in total. The van der Waals surface area contributed by atoms with Gasteiger partial charge in [0.2, 0.25) is 5.91 Å². The van der Waals surface area contributed by atoms with Crippen LogP contribution in [0.25, 0.3) is 0 Å². The Labute approximate surface area is 170 Å². The highest BCUT2D eigenvalue weighted by molar-refractivity contribution is 8.00. The van der Waals surface area contributed by atoms with E-state index in [0.29, 0.717) is 11.3 Å². The first-order valence-electron chi connectivity index (χ1n) is 8.72. The molecular weight excluding hydrogens is 395 g/mol. The molecule has 28 heavy (non-hydrogen) atoms. The lowest BCUT2D eigenvalue weighted by molar-refractivity contribution is -0.115. The molecule has 0 spiro atoms. The predicted octanol–water partition coefficient (Wildman–Crippen LogP) is 4.84. The largest absolute Gasteiger partial charge is 0.340 e. The van der Waals surface area contributed by atoms with Gasteiger partial charge in [-0.25, -0.2) is 4.39 Å². The minimum Gasteiger partial charge on any atom is -0.340 e. The maximum absolute atomic E-state index is 13.3. The molecule has 2 atom stereocenters. The SMILES string of the molecule is CC1Sc2ccc(C(=O)NC(c3ccc(F)cc3)c3cccs3)cc2NC1=O. The fourth-order valence-corrected chi connectivity index (χ4v) is 4.73. The van der Waals surface area contributed by atoms with Crippen molar-refractivity contribution in [3.63, 3.8) is 0 Å². The molecule has 0 saturated carbocycles. The average molecular weight is 413 g/mol. The van der Waals surface area contributed by atoms with E-state index in [1.807, 2.05) is 30.5 Å². The van der Waals surface area contributed by atoms with Gasteiger partial charge >= 0.3 is 0 Å². The number of amides is 2. The number of anilines is 1. The monoisotopic (exact) mass is 412 g/mol. The average Bonchev–Trinajstić information content (AvgIpc) is 3.22. The zero-order chi connectivity index (χ0) is 19.7. The molecule has 2 amide bonds. The van der Waals surface area contributed by atoms with Gasteiger partial charge in [0.15, 0.2) is 0 Å². The minimum atomic E-state index is -0.381. The van der Waals surface area contributed by atoms with E-state index >= 15 is 0 Å². The first kappa shape index (κ1) is 18.7. The van der Waals surface area contributed by atoms with Crippen molar-refractivity contribution in [2.75, 3.05) is 5.32 Å². The van der Waals surface area contributed by atoms with E-state index < -0.39 is 0 Å². The molecule has 0 fully saturated rings. The Morgan fingerprint density at radius 3 is 2.68 bits per heavy atom. The molecule has 0 bridgehead atoms. The van der Waals surface area contributed by atoms with E-state index in [9.17, 15) is 14.0 Å². The van der Waals surface area contributed by atoms with Crippen molar-refractivity contribution in [3.05, 3.63) is 81.8 Å². The van der Waals surface area contributed by atoms with Crippen LogP contribution in [0.5, 0.6) is 0 Å². The normalized spacial score (nSPS) is 16.8. The molecule has 7 heteroatoms. The summed E-state index contributed by atoms with van der Waals surface area (Å²) in [6.45, 7) is 1.85. The maximum atomic E-state index is 13.3. The van der Waals surface area contributed by atoms with Crippen LogP contribution in [-0.4, -0.2) is 17.1 Å². The summed E-state index contributed by atoms with van der Waals surface area (Å²) in [5.74, 6) is -0.654. The molecule has 4 rings (SSSR count). The zero-order valence-electron chi connectivity index (χ0n) is 14.9. The lowest BCUT2D eigenvalue weighted by Gasteiger charge is -2.22. The van der Waals surface area contributed by atoms with Gasteiger partial charge in [0.25, 0.3) is 5.91 Å². The summed E-state index contributed by atoms with van der Waals surface area (Å²) < 4.78 is 13.3. The van der Waals surface area contributed by atoms with Crippen molar-refractivity contribution in [3.8, 4) is 0 Å². The van der Waals surface area contributed by atoms with Gasteiger partial charge in [-0.05, 0) is 54.3 Å². The quantitative estimate of drug-likeness (QED) is 0.645. The van der Waals surface area contributed by atoms with Crippen LogP contribution in [0.4, 0.5) is 10.1 Å². The summed E-state index contributed by atoms with van der Waals surface area (Å²) in [4.78, 5) is 26.7. The topological polar surface area (TPSA) is 58.2 Å². The summed E-state index contributed by atoms with van der Waals surface area (Å²) in [5, 5.41) is 7.65. The second-order valence-corrected chi connectivity index (χ2v) is 8.80. The molecule has 1 aliphatic rings. The number of rotatable bonds is 4. The van der Waals surface area contributed by atoms with Crippen molar-refractivity contribution in [2.45, 2.75) is 23.1 Å². The Balaban J connectivity index is 1.61. The molecule has 142 valence electrons. The van der Waals surface area contributed by atoms with E-state index in [1.54, 1.807) is 24.3 Å². The van der Waals surface area contributed by atoms with Gasteiger partial charge in [0.05, 0.1) is 17.0 Å². The minimum absolute atomic E-state index is 0.0715. The first-order valence-corrected chi connectivity index (χ1v) is 10.5. The van der Waals surface area contributed by atoms with E-state index in [-0.39, 0.29) is 28.9 Å². The van der Waals surface area contributed by atoms with Crippen molar-refractivity contribution in [1.82, 2.24) is 5.32 Å². The van der Waals surface area contributed by atoms with Crippen molar-refractivity contribution < 1.29 is 14.0 Å². The smallest absolute Gasteiger partial charge is 0.252 e. The maximum Gasteiger partial charge on any atom is 0.252 e. The summed E-state index contributed by atoms with van der Waals surface area (Å²) in [6.07, 6.45) is 0. The number of fused-ring (bicyclic) bond motifs is 1. The van der Waals surface area contributed by atoms with Gasteiger partial charge in [-0.2, -0.15) is 0 Å². The molecule has 2 N–H and O–H groups in total. The van der Waals surface area contributed by atoms with E-state index in [1.165, 1.54) is 35.2 Å². The summed E-state index contributed by atoms with van der Waals surface area (Å²) >= 11 is 2.99.